The van der Waals surface area contributed by atoms with E-state index in [9.17, 15) is 13.6 Å². The summed E-state index contributed by atoms with van der Waals surface area (Å²) in [6.45, 7) is 0. The van der Waals surface area contributed by atoms with E-state index in [0.29, 0.717) is 3.70 Å². The second kappa shape index (κ2) is 3.82. The van der Waals surface area contributed by atoms with Gasteiger partial charge in [-0.2, -0.15) is 0 Å². The third-order valence-electron chi connectivity index (χ3n) is 1.18. The van der Waals surface area contributed by atoms with Crippen LogP contribution in [0.4, 0.5) is 8.78 Å². The first-order chi connectivity index (χ1) is 5.52. The molecule has 0 spiro atoms. The molecule has 1 N–H and O–H groups in total. The zero-order valence-corrected chi connectivity index (χ0v) is 9.32. The molecule has 0 bridgehead atoms. The van der Waals surface area contributed by atoms with Gasteiger partial charge in [-0.25, -0.2) is 8.78 Å². The minimum absolute atomic E-state index is 0.0992. The van der Waals surface area contributed by atoms with Gasteiger partial charge in [0.15, 0.2) is 5.43 Å². The van der Waals surface area contributed by atoms with Gasteiger partial charge < -0.3 is 4.98 Å². The highest BCUT2D eigenvalue weighted by molar-refractivity contribution is 14.1. The minimum Gasteiger partial charge on any atom is -0.348 e. The van der Waals surface area contributed by atoms with E-state index in [1.807, 2.05) is 0 Å². The zero-order chi connectivity index (χ0) is 9.30. The first kappa shape index (κ1) is 10.1. The molecule has 66 valence electrons. The fraction of sp³-hybridized carbons (Fsp3) is 0.167. The molecule has 0 aliphatic rings. The average molecular weight is 350 g/mol. The molecule has 0 atom stereocenters. The Morgan fingerprint density at radius 1 is 1.58 bits per heavy atom. The normalized spacial score (nSPS) is 10.8. The van der Waals surface area contributed by atoms with Crippen molar-refractivity contribution in [1.29, 1.82) is 0 Å². The van der Waals surface area contributed by atoms with Crippen LogP contribution in [0.5, 0.6) is 0 Å². The summed E-state index contributed by atoms with van der Waals surface area (Å²) >= 11 is 4.56. The lowest BCUT2D eigenvalue weighted by molar-refractivity contribution is 0.145. The van der Waals surface area contributed by atoms with Gasteiger partial charge in [0.1, 0.15) is 5.69 Å². The number of alkyl halides is 2. The van der Waals surface area contributed by atoms with E-state index in [0.717, 1.165) is 0 Å². The lowest BCUT2D eigenvalue weighted by Gasteiger charge is -2.02. The SMILES string of the molecule is O=c1cc(I)[nH]c(C(F)F)c1Br. The predicted octanol–water partition coefficient (Wildman–Crippen LogP) is 2.68. The van der Waals surface area contributed by atoms with Crippen molar-refractivity contribution in [2.45, 2.75) is 6.43 Å². The quantitative estimate of drug-likeness (QED) is 0.613. The highest BCUT2D eigenvalue weighted by Crippen LogP contribution is 2.22. The van der Waals surface area contributed by atoms with E-state index in [-0.39, 0.29) is 10.2 Å². The van der Waals surface area contributed by atoms with Crippen LogP contribution < -0.4 is 5.43 Å². The third-order valence-corrected chi connectivity index (χ3v) is 2.58. The Bertz CT molecular complexity index is 352. The van der Waals surface area contributed by atoms with Crippen molar-refractivity contribution in [2.24, 2.45) is 0 Å². The van der Waals surface area contributed by atoms with Crippen LogP contribution in [0.2, 0.25) is 0 Å². The van der Waals surface area contributed by atoms with E-state index in [2.05, 4.69) is 20.9 Å². The van der Waals surface area contributed by atoms with Crippen LogP contribution >= 0.6 is 38.5 Å². The van der Waals surface area contributed by atoms with Crippen LogP contribution in [0.25, 0.3) is 0 Å². The molecule has 2 nitrogen and oxygen atoms in total. The maximum atomic E-state index is 12.2. The smallest absolute Gasteiger partial charge is 0.279 e. The Morgan fingerprint density at radius 3 is 2.67 bits per heavy atom. The standard InChI is InChI=1S/C6H3BrF2INO/c7-4-2(12)1-3(10)11-5(4)6(8)9/h1,6H,(H,11,12). The van der Waals surface area contributed by atoms with Gasteiger partial charge in [0, 0.05) is 6.07 Å². The molecule has 0 radical (unpaired) electrons. The van der Waals surface area contributed by atoms with Crippen LogP contribution in [0.3, 0.4) is 0 Å². The minimum atomic E-state index is -2.67. The summed E-state index contributed by atoms with van der Waals surface area (Å²) in [4.78, 5) is 13.4. The van der Waals surface area contributed by atoms with Gasteiger partial charge in [0.25, 0.3) is 6.43 Å². The largest absolute Gasteiger partial charge is 0.348 e. The topological polar surface area (TPSA) is 32.9 Å². The summed E-state index contributed by atoms with van der Waals surface area (Å²) in [5, 5.41) is 0. The van der Waals surface area contributed by atoms with Crippen LogP contribution in [0, 0.1) is 3.70 Å². The van der Waals surface area contributed by atoms with Crippen molar-refractivity contribution >= 4 is 38.5 Å². The Labute approximate surface area is 88.6 Å². The number of aromatic amines is 1. The van der Waals surface area contributed by atoms with Gasteiger partial charge >= 0.3 is 0 Å². The molecule has 0 aromatic carbocycles. The lowest BCUT2D eigenvalue weighted by atomic mass is 10.3. The summed E-state index contributed by atoms with van der Waals surface area (Å²) in [5.74, 6) is 0. The van der Waals surface area contributed by atoms with Gasteiger partial charge in [-0.05, 0) is 38.5 Å². The van der Waals surface area contributed by atoms with Crippen LogP contribution in [0.1, 0.15) is 12.1 Å². The average Bonchev–Trinajstić information content (AvgIpc) is 1.96. The monoisotopic (exact) mass is 349 g/mol. The molecule has 0 aliphatic heterocycles. The van der Waals surface area contributed by atoms with Gasteiger partial charge in [0.05, 0.1) is 8.17 Å². The Kier molecular flexibility index (Phi) is 3.22. The number of H-pyrrole nitrogens is 1. The second-order valence-corrected chi connectivity index (χ2v) is 3.97. The molecule has 1 rings (SSSR count). The molecule has 0 aliphatic carbocycles. The van der Waals surface area contributed by atoms with E-state index >= 15 is 0 Å². The molecule has 0 amide bonds. The number of hydrogen-bond donors (Lipinski definition) is 1. The van der Waals surface area contributed by atoms with Gasteiger partial charge in [0.2, 0.25) is 0 Å². The molecule has 12 heavy (non-hydrogen) atoms. The molecule has 0 fully saturated rings. The van der Waals surface area contributed by atoms with Crippen molar-refractivity contribution in [3.8, 4) is 0 Å². The molecule has 1 heterocycles. The van der Waals surface area contributed by atoms with Gasteiger partial charge in [-0.1, -0.05) is 0 Å². The Hall–Kier alpha value is 0.0200. The highest BCUT2D eigenvalue weighted by Gasteiger charge is 2.14. The van der Waals surface area contributed by atoms with Crippen molar-refractivity contribution in [3.05, 3.63) is 30.2 Å². The van der Waals surface area contributed by atoms with E-state index in [4.69, 9.17) is 0 Å². The summed E-state index contributed by atoms with van der Waals surface area (Å²) in [6.07, 6.45) is -2.67. The molecule has 0 saturated carbocycles. The van der Waals surface area contributed by atoms with E-state index in [1.165, 1.54) is 6.07 Å². The second-order valence-electron chi connectivity index (χ2n) is 2.01. The maximum Gasteiger partial charge on any atom is 0.279 e. The number of nitrogens with one attached hydrogen (secondary N) is 1. The molecular weight excluding hydrogens is 347 g/mol. The maximum absolute atomic E-state index is 12.2. The summed E-state index contributed by atoms with van der Waals surface area (Å²) in [6, 6.07) is 1.25. The number of pyridine rings is 1. The fourth-order valence-corrected chi connectivity index (χ4v) is 1.64. The summed E-state index contributed by atoms with van der Waals surface area (Å²) in [5.41, 5.74) is -0.805. The van der Waals surface area contributed by atoms with Crippen molar-refractivity contribution in [2.75, 3.05) is 0 Å². The molecule has 0 saturated heterocycles. The van der Waals surface area contributed by atoms with Crippen molar-refractivity contribution < 1.29 is 8.78 Å². The molecule has 6 heteroatoms. The Morgan fingerprint density at radius 2 is 2.17 bits per heavy atom. The van der Waals surface area contributed by atoms with Crippen molar-refractivity contribution in [3.63, 3.8) is 0 Å². The summed E-state index contributed by atoms with van der Waals surface area (Å²) in [7, 11) is 0. The lowest BCUT2D eigenvalue weighted by Crippen LogP contribution is -2.08. The first-order valence-electron chi connectivity index (χ1n) is 2.88. The molecule has 1 aromatic rings. The molecule has 0 unspecified atom stereocenters. The molecule has 1 aromatic heterocycles. The number of rotatable bonds is 1. The number of aromatic nitrogens is 1. The summed E-state index contributed by atoms with van der Waals surface area (Å²) < 4.78 is 24.7. The van der Waals surface area contributed by atoms with Crippen LogP contribution in [-0.4, -0.2) is 4.98 Å². The third kappa shape index (κ3) is 2.03. The first-order valence-corrected chi connectivity index (χ1v) is 4.76. The van der Waals surface area contributed by atoms with E-state index < -0.39 is 11.9 Å². The number of halogens is 4. The highest BCUT2D eigenvalue weighted by atomic mass is 127. The van der Waals surface area contributed by atoms with Gasteiger partial charge in [-0.15, -0.1) is 0 Å². The van der Waals surface area contributed by atoms with Gasteiger partial charge in [-0.3, -0.25) is 4.79 Å². The fourth-order valence-electron chi connectivity index (χ4n) is 0.681. The van der Waals surface area contributed by atoms with Crippen LogP contribution in [-0.2, 0) is 0 Å². The predicted molar refractivity (Wildman–Crippen MR) is 52.4 cm³/mol. The number of hydrogen-bond acceptors (Lipinski definition) is 1. The van der Waals surface area contributed by atoms with Crippen LogP contribution in [0.15, 0.2) is 15.3 Å². The molecular formula is C6H3BrF2INO. The van der Waals surface area contributed by atoms with Crippen molar-refractivity contribution in [1.82, 2.24) is 4.98 Å². The van der Waals surface area contributed by atoms with E-state index in [1.54, 1.807) is 22.6 Å². The zero-order valence-electron chi connectivity index (χ0n) is 5.57. The Balaban J connectivity index is 3.38.